The number of nitrogens with one attached hydrogen (secondary N) is 1. The molecule has 0 fully saturated rings. The van der Waals surface area contributed by atoms with Gasteiger partial charge in [0.25, 0.3) is 0 Å². The molecule has 0 radical (unpaired) electrons. The standard InChI is InChI=1S/C27H24N4O4S/c1-3-4-15-34-26-28-22-16(2)9-14-21(25(32)33)23(22)31(26)18-12-10-17(11-13-18)19-7-5-6-8-20(19)24-29-27(36)35-30-24/h5-14H,3-4,15H2,1-2H3,(H,32,33)(H,29,30,36). The monoisotopic (exact) mass is 500 g/mol. The predicted octanol–water partition coefficient (Wildman–Crippen LogP) is 6.59. The van der Waals surface area contributed by atoms with Crippen molar-refractivity contribution in [3.8, 4) is 34.2 Å². The minimum atomic E-state index is -1.02. The van der Waals surface area contributed by atoms with Crippen molar-refractivity contribution in [1.82, 2.24) is 19.7 Å². The molecule has 8 nitrogen and oxygen atoms in total. The molecule has 0 atom stereocenters. The summed E-state index contributed by atoms with van der Waals surface area (Å²) in [5.74, 6) is -0.467. The zero-order chi connectivity index (χ0) is 25.2. The van der Waals surface area contributed by atoms with Gasteiger partial charge in [-0.15, -0.1) is 0 Å². The first kappa shape index (κ1) is 23.5. The van der Waals surface area contributed by atoms with Crippen LogP contribution in [0.5, 0.6) is 6.01 Å². The molecule has 3 aromatic carbocycles. The Balaban J connectivity index is 1.64. The lowest BCUT2D eigenvalue weighted by Crippen LogP contribution is -2.06. The number of nitrogens with zero attached hydrogens (tertiary/aromatic N) is 3. The number of carboxylic acid groups (broad SMARTS) is 1. The molecule has 9 heteroatoms. The third-order valence-electron chi connectivity index (χ3n) is 5.99. The summed E-state index contributed by atoms with van der Waals surface area (Å²) in [7, 11) is 0. The topological polar surface area (TPSA) is 106 Å². The van der Waals surface area contributed by atoms with E-state index in [1.165, 1.54) is 0 Å². The number of aromatic amines is 1. The summed E-state index contributed by atoms with van der Waals surface area (Å²) in [6.45, 7) is 4.49. The number of hydrogen-bond acceptors (Lipinski definition) is 6. The van der Waals surface area contributed by atoms with Crippen LogP contribution in [0.3, 0.4) is 0 Å². The Kier molecular flexibility index (Phi) is 6.39. The highest BCUT2D eigenvalue weighted by Crippen LogP contribution is 2.34. The lowest BCUT2D eigenvalue weighted by Gasteiger charge is -2.13. The molecule has 2 aromatic heterocycles. The van der Waals surface area contributed by atoms with Crippen molar-refractivity contribution in [3.05, 3.63) is 76.6 Å². The second-order valence-corrected chi connectivity index (χ2v) is 8.74. The van der Waals surface area contributed by atoms with Crippen molar-refractivity contribution in [3.63, 3.8) is 0 Å². The fourth-order valence-electron chi connectivity index (χ4n) is 4.18. The summed E-state index contributed by atoms with van der Waals surface area (Å²) in [5, 5.41) is 12.7. The van der Waals surface area contributed by atoms with E-state index < -0.39 is 5.97 Å². The van der Waals surface area contributed by atoms with Crippen molar-refractivity contribution in [2.45, 2.75) is 26.7 Å². The average Bonchev–Trinajstić information content (AvgIpc) is 3.49. The van der Waals surface area contributed by atoms with Crippen molar-refractivity contribution >= 4 is 29.2 Å². The number of unbranched alkanes of at least 4 members (excludes halogenated alkanes) is 1. The van der Waals surface area contributed by atoms with Gasteiger partial charge in [0.2, 0.25) is 0 Å². The molecule has 0 aliphatic carbocycles. The zero-order valence-electron chi connectivity index (χ0n) is 19.8. The first-order valence-electron chi connectivity index (χ1n) is 11.6. The highest BCUT2D eigenvalue weighted by Gasteiger charge is 2.22. The second kappa shape index (κ2) is 9.79. The zero-order valence-corrected chi connectivity index (χ0v) is 20.6. The van der Waals surface area contributed by atoms with E-state index in [1.54, 1.807) is 16.7 Å². The molecule has 5 rings (SSSR count). The number of benzene rings is 3. The molecule has 0 amide bonds. The number of H-pyrrole nitrogens is 1. The van der Waals surface area contributed by atoms with Crippen LogP contribution in [0.4, 0.5) is 0 Å². The van der Waals surface area contributed by atoms with E-state index in [-0.39, 0.29) is 10.4 Å². The lowest BCUT2D eigenvalue weighted by molar-refractivity contribution is 0.0698. The van der Waals surface area contributed by atoms with E-state index in [4.69, 9.17) is 21.5 Å². The van der Waals surface area contributed by atoms with E-state index in [1.807, 2.05) is 55.5 Å². The fourth-order valence-corrected chi connectivity index (χ4v) is 4.31. The molecule has 0 spiro atoms. The summed E-state index contributed by atoms with van der Waals surface area (Å²) in [6, 6.07) is 19.4. The molecule has 36 heavy (non-hydrogen) atoms. The van der Waals surface area contributed by atoms with Crippen LogP contribution in [0.2, 0.25) is 0 Å². The van der Waals surface area contributed by atoms with Crippen LogP contribution < -0.4 is 4.74 Å². The fraction of sp³-hybridized carbons (Fsp3) is 0.185. The SMILES string of the molecule is CCCCOc1nc2c(C)ccc(C(=O)O)c2n1-c1ccc(-c2ccccc2-c2nc(=S)o[nH]2)cc1. The van der Waals surface area contributed by atoms with E-state index in [0.717, 1.165) is 40.8 Å². The van der Waals surface area contributed by atoms with Crippen LogP contribution in [0.25, 0.3) is 39.2 Å². The van der Waals surface area contributed by atoms with Crippen molar-refractivity contribution < 1.29 is 19.2 Å². The summed E-state index contributed by atoms with van der Waals surface area (Å²) < 4.78 is 12.9. The Bertz CT molecular complexity index is 1620. The van der Waals surface area contributed by atoms with Crippen molar-refractivity contribution in [2.75, 3.05) is 6.61 Å². The molecule has 0 saturated heterocycles. The van der Waals surface area contributed by atoms with Gasteiger partial charge in [0.05, 0.1) is 28.9 Å². The van der Waals surface area contributed by atoms with Crippen LogP contribution in [-0.2, 0) is 0 Å². The number of aromatic carboxylic acids is 1. The van der Waals surface area contributed by atoms with Crippen LogP contribution in [-0.4, -0.2) is 37.4 Å². The van der Waals surface area contributed by atoms with E-state index in [0.29, 0.717) is 29.5 Å². The summed E-state index contributed by atoms with van der Waals surface area (Å²) in [4.78, 5) is 21.2. The van der Waals surface area contributed by atoms with Crippen LogP contribution in [0, 0.1) is 11.8 Å². The Morgan fingerprint density at radius 2 is 1.83 bits per heavy atom. The normalized spacial score (nSPS) is 11.2. The van der Waals surface area contributed by atoms with E-state index in [9.17, 15) is 9.90 Å². The molecule has 0 saturated carbocycles. The number of rotatable bonds is 8. The van der Waals surface area contributed by atoms with E-state index >= 15 is 0 Å². The Labute approximate surface area is 212 Å². The van der Waals surface area contributed by atoms with Gasteiger partial charge in [-0.1, -0.05) is 55.8 Å². The maximum absolute atomic E-state index is 12.1. The number of hydrogen-bond donors (Lipinski definition) is 2. The number of carbonyl (C=O) groups is 1. The molecule has 0 bridgehead atoms. The Morgan fingerprint density at radius 3 is 2.50 bits per heavy atom. The quantitative estimate of drug-likeness (QED) is 0.183. The summed E-state index contributed by atoms with van der Waals surface area (Å²) in [6.07, 6.45) is 1.85. The molecule has 2 heterocycles. The van der Waals surface area contributed by atoms with Gasteiger partial charge >= 0.3 is 16.8 Å². The number of fused-ring (bicyclic) bond motifs is 1. The molecule has 5 aromatic rings. The highest BCUT2D eigenvalue weighted by atomic mass is 32.1. The Hall–Kier alpha value is -4.24. The molecule has 0 unspecified atom stereocenters. The van der Waals surface area contributed by atoms with Crippen molar-refractivity contribution in [1.29, 1.82) is 0 Å². The first-order valence-corrected chi connectivity index (χ1v) is 12.0. The summed E-state index contributed by atoms with van der Waals surface area (Å²) in [5.41, 5.74) is 5.66. The Morgan fingerprint density at radius 1 is 1.08 bits per heavy atom. The number of aromatic nitrogens is 4. The van der Waals surface area contributed by atoms with Crippen LogP contribution >= 0.6 is 12.2 Å². The van der Waals surface area contributed by atoms with E-state index in [2.05, 4.69) is 22.0 Å². The minimum absolute atomic E-state index is 0.141. The second-order valence-electron chi connectivity index (χ2n) is 8.39. The number of carboxylic acids is 1. The third kappa shape index (κ3) is 4.29. The molecule has 2 N–H and O–H groups in total. The van der Waals surface area contributed by atoms with Gasteiger partial charge < -0.3 is 14.4 Å². The van der Waals surface area contributed by atoms with Gasteiger partial charge in [0, 0.05) is 5.56 Å². The average molecular weight is 501 g/mol. The van der Waals surface area contributed by atoms with Gasteiger partial charge in [0.15, 0.2) is 5.82 Å². The first-order chi connectivity index (χ1) is 17.5. The lowest BCUT2D eigenvalue weighted by atomic mass is 9.99. The number of aryl methyl sites for hydroxylation is 1. The molecule has 0 aliphatic rings. The highest BCUT2D eigenvalue weighted by molar-refractivity contribution is 7.71. The maximum atomic E-state index is 12.1. The van der Waals surface area contributed by atoms with Crippen molar-refractivity contribution in [2.24, 2.45) is 0 Å². The number of imidazole rings is 1. The minimum Gasteiger partial charge on any atom is -0.478 e. The van der Waals surface area contributed by atoms with Gasteiger partial charge in [-0.3, -0.25) is 4.57 Å². The molecule has 182 valence electrons. The molecular formula is C27H24N4O4S. The smallest absolute Gasteiger partial charge is 0.337 e. The molecular weight excluding hydrogens is 476 g/mol. The van der Waals surface area contributed by atoms with Gasteiger partial charge in [-0.05, 0) is 60.5 Å². The summed E-state index contributed by atoms with van der Waals surface area (Å²) >= 11 is 5.01. The number of ether oxygens (including phenoxy) is 1. The van der Waals surface area contributed by atoms with Gasteiger partial charge in [-0.2, -0.15) is 9.97 Å². The van der Waals surface area contributed by atoms with Gasteiger partial charge in [0.1, 0.15) is 0 Å². The van der Waals surface area contributed by atoms with Gasteiger partial charge in [-0.25, -0.2) is 9.95 Å². The molecule has 0 aliphatic heterocycles. The van der Waals surface area contributed by atoms with Crippen LogP contribution in [0.1, 0.15) is 35.7 Å². The van der Waals surface area contributed by atoms with Crippen LogP contribution in [0.15, 0.2) is 65.2 Å². The largest absolute Gasteiger partial charge is 0.478 e. The third-order valence-corrected chi connectivity index (χ3v) is 6.17. The maximum Gasteiger partial charge on any atom is 0.337 e. The predicted molar refractivity (Wildman–Crippen MR) is 139 cm³/mol.